The molecule has 1 aliphatic rings. The fourth-order valence-electron chi connectivity index (χ4n) is 3.47. The van der Waals surface area contributed by atoms with Gasteiger partial charge in [0.05, 0.1) is 9.38 Å². The first kappa shape index (κ1) is 21.7. The van der Waals surface area contributed by atoms with Gasteiger partial charge in [0.15, 0.2) is 0 Å². The molecule has 1 aliphatic heterocycles. The third kappa shape index (κ3) is 4.86. The van der Waals surface area contributed by atoms with Crippen molar-refractivity contribution in [2.75, 3.05) is 6.54 Å². The molecule has 31 heavy (non-hydrogen) atoms. The average molecular weight is 496 g/mol. The number of thioether (sulfide) groups is 1. The predicted molar refractivity (Wildman–Crippen MR) is 130 cm³/mol. The van der Waals surface area contributed by atoms with Gasteiger partial charge in [-0.2, -0.15) is 0 Å². The molecule has 1 heterocycles. The maximum absolute atomic E-state index is 12.6. The summed E-state index contributed by atoms with van der Waals surface area (Å²) >= 11 is 4.56. The highest BCUT2D eigenvalue weighted by Crippen LogP contribution is 2.34. The summed E-state index contributed by atoms with van der Waals surface area (Å²) in [5, 5.41) is 2.15. The van der Waals surface area contributed by atoms with Gasteiger partial charge in [-0.3, -0.25) is 14.5 Å². The molecule has 3 aromatic rings. The quantitative estimate of drug-likeness (QED) is 0.350. The van der Waals surface area contributed by atoms with Gasteiger partial charge in [0.25, 0.3) is 11.1 Å². The van der Waals surface area contributed by atoms with Crippen molar-refractivity contribution in [1.82, 2.24) is 4.90 Å². The van der Waals surface area contributed by atoms with E-state index in [1.807, 2.05) is 50.2 Å². The van der Waals surface area contributed by atoms with Gasteiger partial charge < -0.3 is 4.74 Å². The lowest BCUT2D eigenvalue weighted by atomic mass is 10.1. The molecule has 0 unspecified atom stereocenters. The van der Waals surface area contributed by atoms with Crippen molar-refractivity contribution in [2.24, 2.45) is 5.92 Å². The zero-order valence-corrected chi connectivity index (χ0v) is 19.7. The fraction of sp³-hybridized carbons (Fsp3) is 0.200. The largest absolute Gasteiger partial charge is 0.488 e. The standard InChI is InChI=1S/C25H22BrNO3S/c1-16(2)14-27-24(28)23(31-25(27)29)13-17-10-11-22(21(26)12-17)30-15-19-8-5-7-18-6-3-4-9-20(18)19/h3-13,16H,14-15H2,1-2H3/b23-13+. The van der Waals surface area contributed by atoms with Crippen molar-refractivity contribution in [3.63, 3.8) is 0 Å². The van der Waals surface area contributed by atoms with Crippen LogP contribution in [-0.4, -0.2) is 22.6 Å². The van der Waals surface area contributed by atoms with Crippen LogP contribution in [0.3, 0.4) is 0 Å². The molecule has 0 N–H and O–H groups in total. The Hall–Kier alpha value is -2.57. The van der Waals surface area contributed by atoms with Crippen LogP contribution in [0.2, 0.25) is 0 Å². The number of ether oxygens (including phenoxy) is 1. The number of carbonyl (C=O) groups excluding carboxylic acids is 2. The van der Waals surface area contributed by atoms with Crippen LogP contribution in [0.4, 0.5) is 4.79 Å². The Balaban J connectivity index is 1.49. The molecule has 4 nitrogen and oxygen atoms in total. The van der Waals surface area contributed by atoms with E-state index in [1.165, 1.54) is 15.7 Å². The topological polar surface area (TPSA) is 46.6 Å². The van der Waals surface area contributed by atoms with Crippen LogP contribution in [0, 0.1) is 5.92 Å². The SMILES string of the molecule is CC(C)CN1C(=O)S/C(=C/c2ccc(OCc3cccc4ccccc34)c(Br)c2)C1=O. The lowest BCUT2D eigenvalue weighted by Gasteiger charge is -2.14. The number of benzene rings is 3. The Morgan fingerprint density at radius 2 is 1.84 bits per heavy atom. The molecule has 0 aromatic heterocycles. The summed E-state index contributed by atoms with van der Waals surface area (Å²) in [6.07, 6.45) is 1.75. The maximum Gasteiger partial charge on any atom is 0.293 e. The molecule has 1 fully saturated rings. The third-order valence-corrected chi connectivity index (χ3v) is 6.47. The Bertz CT molecular complexity index is 1180. The van der Waals surface area contributed by atoms with Crippen molar-refractivity contribution in [2.45, 2.75) is 20.5 Å². The van der Waals surface area contributed by atoms with E-state index in [2.05, 4.69) is 40.2 Å². The van der Waals surface area contributed by atoms with Gasteiger partial charge in [-0.15, -0.1) is 0 Å². The number of fused-ring (bicyclic) bond motifs is 1. The van der Waals surface area contributed by atoms with Crippen LogP contribution < -0.4 is 4.74 Å². The fourth-order valence-corrected chi connectivity index (χ4v) is 4.83. The Kier molecular flexibility index (Phi) is 6.49. The van der Waals surface area contributed by atoms with Crippen LogP contribution in [0.5, 0.6) is 5.75 Å². The summed E-state index contributed by atoms with van der Waals surface area (Å²) in [5.41, 5.74) is 1.95. The molecule has 0 aliphatic carbocycles. The number of rotatable bonds is 6. The monoisotopic (exact) mass is 495 g/mol. The molecule has 2 amide bonds. The second-order valence-electron chi connectivity index (χ2n) is 7.80. The van der Waals surface area contributed by atoms with Crippen molar-refractivity contribution >= 4 is 55.7 Å². The zero-order valence-electron chi connectivity index (χ0n) is 17.3. The molecule has 158 valence electrons. The van der Waals surface area contributed by atoms with Gasteiger partial charge in [0, 0.05) is 6.54 Å². The van der Waals surface area contributed by atoms with E-state index < -0.39 is 0 Å². The lowest BCUT2D eigenvalue weighted by molar-refractivity contribution is -0.123. The molecule has 0 atom stereocenters. The van der Waals surface area contributed by atoms with Crippen molar-refractivity contribution in [1.29, 1.82) is 0 Å². The molecule has 0 spiro atoms. The highest BCUT2D eigenvalue weighted by Gasteiger charge is 2.35. The summed E-state index contributed by atoms with van der Waals surface area (Å²) in [5.74, 6) is 0.731. The van der Waals surface area contributed by atoms with Crippen molar-refractivity contribution in [3.8, 4) is 5.75 Å². The number of carbonyl (C=O) groups is 2. The molecule has 0 radical (unpaired) electrons. The van der Waals surface area contributed by atoms with Crippen LogP contribution in [0.25, 0.3) is 16.8 Å². The maximum atomic E-state index is 12.6. The smallest absolute Gasteiger partial charge is 0.293 e. The number of amides is 2. The first-order valence-corrected chi connectivity index (χ1v) is 11.7. The molecule has 4 rings (SSSR count). The van der Waals surface area contributed by atoms with E-state index >= 15 is 0 Å². The minimum atomic E-state index is -0.226. The van der Waals surface area contributed by atoms with Crippen LogP contribution >= 0.6 is 27.7 Å². The highest BCUT2D eigenvalue weighted by atomic mass is 79.9. The summed E-state index contributed by atoms with van der Waals surface area (Å²) in [6, 6.07) is 20.1. The van der Waals surface area contributed by atoms with Crippen LogP contribution in [0.1, 0.15) is 25.0 Å². The number of imide groups is 1. The second-order valence-corrected chi connectivity index (χ2v) is 9.65. The molecule has 6 heteroatoms. The van der Waals surface area contributed by atoms with Gasteiger partial charge >= 0.3 is 0 Å². The average Bonchev–Trinajstić information content (AvgIpc) is 3.00. The Morgan fingerprint density at radius 1 is 1.06 bits per heavy atom. The molecular weight excluding hydrogens is 474 g/mol. The van der Waals surface area contributed by atoms with E-state index in [4.69, 9.17) is 4.74 Å². The minimum Gasteiger partial charge on any atom is -0.488 e. The zero-order chi connectivity index (χ0) is 22.0. The Labute approximate surface area is 194 Å². The third-order valence-electron chi connectivity index (χ3n) is 4.94. The molecular formula is C25H22BrNO3S. The summed E-state index contributed by atoms with van der Waals surface area (Å²) < 4.78 is 6.85. The molecule has 1 saturated heterocycles. The highest BCUT2D eigenvalue weighted by molar-refractivity contribution is 9.10. The predicted octanol–water partition coefficient (Wildman–Crippen LogP) is 6.87. The lowest BCUT2D eigenvalue weighted by Crippen LogP contribution is -2.31. The number of nitrogens with zero attached hydrogens (tertiary/aromatic N) is 1. The van der Waals surface area contributed by atoms with E-state index in [0.29, 0.717) is 18.1 Å². The van der Waals surface area contributed by atoms with Gasteiger partial charge in [-0.05, 0) is 73.7 Å². The van der Waals surface area contributed by atoms with Gasteiger partial charge in [0.2, 0.25) is 0 Å². The van der Waals surface area contributed by atoms with E-state index in [0.717, 1.165) is 33.1 Å². The van der Waals surface area contributed by atoms with Crippen LogP contribution in [0.15, 0.2) is 70.0 Å². The Morgan fingerprint density at radius 3 is 2.61 bits per heavy atom. The summed E-state index contributed by atoms with van der Waals surface area (Å²) in [6.45, 7) is 4.86. The van der Waals surface area contributed by atoms with Gasteiger partial charge in [0.1, 0.15) is 12.4 Å². The first-order chi connectivity index (χ1) is 14.9. The summed E-state index contributed by atoms with van der Waals surface area (Å²) in [4.78, 5) is 26.5. The van der Waals surface area contributed by atoms with E-state index in [9.17, 15) is 9.59 Å². The molecule has 3 aromatic carbocycles. The number of halogens is 1. The van der Waals surface area contributed by atoms with Crippen molar-refractivity contribution in [3.05, 3.63) is 81.2 Å². The van der Waals surface area contributed by atoms with Crippen LogP contribution in [-0.2, 0) is 11.4 Å². The number of hydrogen-bond acceptors (Lipinski definition) is 4. The molecule has 0 bridgehead atoms. The molecule has 0 saturated carbocycles. The van der Waals surface area contributed by atoms with Gasteiger partial charge in [-0.1, -0.05) is 62.4 Å². The van der Waals surface area contributed by atoms with Crippen molar-refractivity contribution < 1.29 is 14.3 Å². The van der Waals surface area contributed by atoms with E-state index in [1.54, 1.807) is 6.08 Å². The first-order valence-electron chi connectivity index (χ1n) is 10.1. The normalized spacial score (nSPS) is 15.5. The second kappa shape index (κ2) is 9.28. The number of hydrogen-bond donors (Lipinski definition) is 0. The summed E-state index contributed by atoms with van der Waals surface area (Å²) in [7, 11) is 0. The minimum absolute atomic E-state index is 0.209. The van der Waals surface area contributed by atoms with E-state index in [-0.39, 0.29) is 17.1 Å². The van der Waals surface area contributed by atoms with Gasteiger partial charge in [-0.25, -0.2) is 0 Å².